The van der Waals surface area contributed by atoms with Crippen LogP contribution in [0.2, 0.25) is 0 Å². The Labute approximate surface area is 262 Å². The van der Waals surface area contributed by atoms with Gasteiger partial charge in [-0.05, 0) is 48.1 Å². The van der Waals surface area contributed by atoms with Crippen molar-refractivity contribution < 1.29 is 34.2 Å². The van der Waals surface area contributed by atoms with Gasteiger partial charge in [-0.25, -0.2) is 4.79 Å². The van der Waals surface area contributed by atoms with Crippen LogP contribution in [0.25, 0.3) is 21.8 Å². The third kappa shape index (κ3) is 8.64. The summed E-state index contributed by atoms with van der Waals surface area (Å²) in [6.45, 7) is 0. The van der Waals surface area contributed by atoms with E-state index in [0.29, 0.717) is 11.3 Å². The Morgan fingerprint density at radius 3 is 1.82 bits per heavy atom. The van der Waals surface area contributed by atoms with Crippen LogP contribution in [0.15, 0.2) is 60.9 Å². The number of rotatable bonds is 16. The zero-order valence-electron chi connectivity index (χ0n) is 24.5. The molecule has 238 valence electrons. The highest BCUT2D eigenvalue weighted by molar-refractivity contribution is 7.98. The van der Waals surface area contributed by atoms with Crippen LogP contribution in [0.4, 0.5) is 0 Å². The summed E-state index contributed by atoms with van der Waals surface area (Å²) >= 11 is 1.42. The Hall–Kier alpha value is -4.82. The number of hydrogen-bond acceptors (Lipinski definition) is 7. The minimum Gasteiger partial charge on any atom is -0.481 e. The van der Waals surface area contributed by atoms with E-state index in [-0.39, 0.29) is 19.3 Å². The lowest BCUT2D eigenvalue weighted by Crippen LogP contribution is -2.58. The molecule has 9 N–H and O–H groups in total. The minimum absolute atomic E-state index is 0.0374. The van der Waals surface area contributed by atoms with Crippen molar-refractivity contribution in [3.05, 3.63) is 72.1 Å². The lowest BCUT2D eigenvalue weighted by atomic mass is 10.0. The standard InChI is InChI=1S/C31H36N6O7S/c1-45-11-10-24(31(43)44)35-29(41)25(13-18-16-34-23-9-5-3-7-20(18)23)37-30(42)26(14-27(38)39)36-28(40)21(32)12-17-15-33-22-8-4-2-6-19(17)22/h2-9,15-16,21,24-26,33-34H,10-14,32H2,1H3,(H,35,41)(H,36,40)(H,37,42)(H,38,39)(H,43,44). The molecule has 0 aliphatic rings. The van der Waals surface area contributed by atoms with Crippen LogP contribution in [0.1, 0.15) is 24.0 Å². The molecule has 0 bridgehead atoms. The van der Waals surface area contributed by atoms with E-state index in [4.69, 9.17) is 5.73 Å². The summed E-state index contributed by atoms with van der Waals surface area (Å²) in [5.41, 5.74) is 9.26. The van der Waals surface area contributed by atoms with Gasteiger partial charge in [-0.2, -0.15) is 11.8 Å². The Bertz CT molecular complexity index is 1680. The molecule has 4 rings (SSSR count). The van der Waals surface area contributed by atoms with Crippen LogP contribution >= 0.6 is 11.8 Å². The molecule has 0 radical (unpaired) electrons. The van der Waals surface area contributed by atoms with Crippen LogP contribution in [0.3, 0.4) is 0 Å². The summed E-state index contributed by atoms with van der Waals surface area (Å²) in [6, 6.07) is 9.63. The van der Waals surface area contributed by atoms with Gasteiger partial charge in [-0.15, -0.1) is 0 Å². The van der Waals surface area contributed by atoms with Crippen molar-refractivity contribution in [3.8, 4) is 0 Å². The van der Waals surface area contributed by atoms with Crippen molar-refractivity contribution in [3.63, 3.8) is 0 Å². The van der Waals surface area contributed by atoms with E-state index < -0.39 is 60.2 Å². The number of carbonyl (C=O) groups excluding carboxylic acids is 3. The Morgan fingerprint density at radius 1 is 0.756 bits per heavy atom. The van der Waals surface area contributed by atoms with Gasteiger partial charge in [0.25, 0.3) is 0 Å². The summed E-state index contributed by atoms with van der Waals surface area (Å²) in [7, 11) is 0. The summed E-state index contributed by atoms with van der Waals surface area (Å²) < 4.78 is 0. The van der Waals surface area contributed by atoms with Gasteiger partial charge in [0.05, 0.1) is 12.5 Å². The number of para-hydroxylation sites is 2. The first-order valence-corrected chi connectivity index (χ1v) is 15.7. The lowest BCUT2D eigenvalue weighted by Gasteiger charge is -2.24. The van der Waals surface area contributed by atoms with Crippen molar-refractivity contribution >= 4 is 63.2 Å². The average Bonchev–Trinajstić information content (AvgIpc) is 3.62. The molecule has 45 heavy (non-hydrogen) atoms. The molecule has 4 unspecified atom stereocenters. The monoisotopic (exact) mass is 636 g/mol. The first-order chi connectivity index (χ1) is 21.6. The van der Waals surface area contributed by atoms with Gasteiger partial charge in [-0.3, -0.25) is 19.2 Å². The van der Waals surface area contributed by atoms with E-state index in [1.165, 1.54) is 11.8 Å². The van der Waals surface area contributed by atoms with Gasteiger partial charge in [-0.1, -0.05) is 36.4 Å². The zero-order chi connectivity index (χ0) is 32.5. The maximum atomic E-state index is 13.5. The summed E-state index contributed by atoms with van der Waals surface area (Å²) in [5, 5.41) is 28.3. The number of amides is 3. The largest absolute Gasteiger partial charge is 0.481 e. The fourth-order valence-electron chi connectivity index (χ4n) is 5.06. The van der Waals surface area contributed by atoms with Crippen LogP contribution < -0.4 is 21.7 Å². The predicted octanol–water partition coefficient (Wildman–Crippen LogP) is 1.53. The maximum Gasteiger partial charge on any atom is 0.326 e. The number of fused-ring (bicyclic) bond motifs is 2. The third-order valence-corrected chi connectivity index (χ3v) is 8.06. The molecular weight excluding hydrogens is 600 g/mol. The van der Waals surface area contributed by atoms with Gasteiger partial charge in [0.1, 0.15) is 18.1 Å². The average molecular weight is 637 g/mol. The summed E-state index contributed by atoms with van der Waals surface area (Å²) in [4.78, 5) is 69.7. The zero-order valence-corrected chi connectivity index (χ0v) is 25.4. The van der Waals surface area contributed by atoms with E-state index in [0.717, 1.165) is 27.4 Å². The van der Waals surface area contributed by atoms with Crippen molar-refractivity contribution in [2.75, 3.05) is 12.0 Å². The Morgan fingerprint density at radius 2 is 1.27 bits per heavy atom. The van der Waals surface area contributed by atoms with Gasteiger partial charge in [0, 0.05) is 40.6 Å². The van der Waals surface area contributed by atoms with Crippen LogP contribution in [0, 0.1) is 0 Å². The maximum absolute atomic E-state index is 13.5. The Balaban J connectivity index is 1.52. The normalized spacial score (nSPS) is 13.9. The molecule has 3 amide bonds. The van der Waals surface area contributed by atoms with Gasteiger partial charge < -0.3 is 41.9 Å². The first-order valence-electron chi connectivity index (χ1n) is 14.3. The number of aliphatic carboxylic acids is 2. The summed E-state index contributed by atoms with van der Waals surface area (Å²) in [6.07, 6.45) is 4.69. The SMILES string of the molecule is CSCCC(NC(=O)C(Cc1c[nH]c2ccccc12)NC(=O)C(CC(=O)O)NC(=O)C(N)Cc1c[nH]c2ccccc12)C(=O)O. The van der Waals surface area contributed by atoms with Crippen LogP contribution in [-0.4, -0.2) is 86.0 Å². The molecule has 0 spiro atoms. The van der Waals surface area contributed by atoms with Gasteiger partial charge >= 0.3 is 11.9 Å². The second-order valence-electron chi connectivity index (χ2n) is 10.6. The fourth-order valence-corrected chi connectivity index (χ4v) is 5.53. The molecule has 0 aliphatic heterocycles. The number of carboxylic acid groups (broad SMARTS) is 2. The smallest absolute Gasteiger partial charge is 0.326 e. The van der Waals surface area contributed by atoms with Crippen LogP contribution in [0.5, 0.6) is 0 Å². The number of aromatic nitrogens is 2. The molecule has 13 nitrogen and oxygen atoms in total. The highest BCUT2D eigenvalue weighted by atomic mass is 32.2. The molecular formula is C31H36N6O7S. The number of carboxylic acids is 2. The predicted molar refractivity (Wildman–Crippen MR) is 171 cm³/mol. The number of hydrogen-bond donors (Lipinski definition) is 8. The molecule has 4 atom stereocenters. The van der Waals surface area contributed by atoms with Crippen molar-refractivity contribution in [2.45, 2.75) is 49.9 Å². The third-order valence-electron chi connectivity index (χ3n) is 7.42. The topological polar surface area (TPSA) is 220 Å². The van der Waals surface area contributed by atoms with Crippen molar-refractivity contribution in [1.82, 2.24) is 25.9 Å². The second kappa shape index (κ2) is 15.3. The number of nitrogens with one attached hydrogen (secondary N) is 5. The van der Waals surface area contributed by atoms with Gasteiger partial charge in [0.2, 0.25) is 17.7 Å². The van der Waals surface area contributed by atoms with Crippen LogP contribution in [-0.2, 0) is 36.8 Å². The number of carbonyl (C=O) groups is 5. The quantitative estimate of drug-likeness (QED) is 0.0892. The molecule has 2 aromatic heterocycles. The molecule has 2 heterocycles. The minimum atomic E-state index is -1.56. The second-order valence-corrected chi connectivity index (χ2v) is 11.6. The highest BCUT2D eigenvalue weighted by Crippen LogP contribution is 2.20. The molecule has 0 saturated carbocycles. The van der Waals surface area contributed by atoms with Crippen molar-refractivity contribution in [1.29, 1.82) is 0 Å². The van der Waals surface area contributed by atoms with E-state index >= 15 is 0 Å². The highest BCUT2D eigenvalue weighted by Gasteiger charge is 2.32. The Kier molecular flexibility index (Phi) is 11.2. The molecule has 2 aromatic carbocycles. The summed E-state index contributed by atoms with van der Waals surface area (Å²) in [5.74, 6) is -4.56. The number of H-pyrrole nitrogens is 2. The fraction of sp³-hybridized carbons (Fsp3) is 0.323. The number of nitrogens with two attached hydrogens (primary N) is 1. The number of thioether (sulfide) groups is 1. The van der Waals surface area contributed by atoms with E-state index in [2.05, 4.69) is 25.9 Å². The van der Waals surface area contributed by atoms with E-state index in [1.807, 2.05) is 54.8 Å². The number of benzene rings is 2. The molecule has 0 saturated heterocycles. The van der Waals surface area contributed by atoms with Gasteiger partial charge in [0.15, 0.2) is 0 Å². The van der Waals surface area contributed by atoms with E-state index in [9.17, 15) is 34.2 Å². The van der Waals surface area contributed by atoms with E-state index in [1.54, 1.807) is 12.4 Å². The first kappa shape index (κ1) is 33.1. The molecule has 4 aromatic rings. The number of aromatic amines is 2. The lowest BCUT2D eigenvalue weighted by molar-refractivity contribution is -0.143. The molecule has 14 heteroatoms. The molecule has 0 aliphatic carbocycles. The van der Waals surface area contributed by atoms with Crippen molar-refractivity contribution in [2.24, 2.45) is 5.73 Å². The molecule has 0 fully saturated rings.